The van der Waals surface area contributed by atoms with Crippen LogP contribution in [-0.2, 0) is 14.9 Å². The summed E-state index contributed by atoms with van der Waals surface area (Å²) in [5.74, 6) is 0.0687. The van der Waals surface area contributed by atoms with Gasteiger partial charge in [0.1, 0.15) is 5.41 Å². The lowest BCUT2D eigenvalue weighted by atomic mass is 9.77. The molecule has 0 bridgehead atoms. The first-order chi connectivity index (χ1) is 15.2. The lowest BCUT2D eigenvalue weighted by Crippen LogP contribution is -2.41. The number of carbonyl (C=O) groups excluding carboxylic acids is 1. The van der Waals surface area contributed by atoms with Crippen LogP contribution in [0.5, 0.6) is 0 Å². The maximum atomic E-state index is 13.9. The molecule has 154 valence electrons. The Hall–Kier alpha value is -3.27. The molecule has 0 aromatic heterocycles. The highest BCUT2D eigenvalue weighted by Crippen LogP contribution is 2.50. The Kier molecular flexibility index (Phi) is 4.93. The summed E-state index contributed by atoms with van der Waals surface area (Å²) in [7, 11) is 3.29. The van der Waals surface area contributed by atoms with Crippen LogP contribution in [0.4, 0.5) is 0 Å². The van der Waals surface area contributed by atoms with Crippen LogP contribution in [0, 0.1) is 0 Å². The number of methoxy groups -OCH3 is 2. The van der Waals surface area contributed by atoms with Crippen molar-refractivity contribution in [3.05, 3.63) is 96.1 Å². The number of benzene rings is 4. The van der Waals surface area contributed by atoms with Crippen molar-refractivity contribution in [2.75, 3.05) is 27.4 Å². The Balaban J connectivity index is 1.95. The van der Waals surface area contributed by atoms with Gasteiger partial charge in [-0.2, -0.15) is 0 Å². The normalized spacial score (nSPS) is 14.3. The fourth-order valence-electron chi connectivity index (χ4n) is 5.04. The zero-order valence-electron chi connectivity index (χ0n) is 17.7. The van der Waals surface area contributed by atoms with E-state index in [1.165, 1.54) is 0 Å². The van der Waals surface area contributed by atoms with Gasteiger partial charge in [-0.3, -0.25) is 4.79 Å². The third kappa shape index (κ3) is 2.93. The zero-order chi connectivity index (χ0) is 21.4. The highest BCUT2D eigenvalue weighted by atomic mass is 16.5. The molecule has 5 rings (SSSR count). The SMILES string of the molecule is COCC1(COC)C(=O)c2cccc3c(-c4ccccc4)cc(-c4ccccc4)c1c23. The number of carbonyl (C=O) groups is 1. The second-order valence-corrected chi connectivity index (χ2v) is 8.08. The van der Waals surface area contributed by atoms with Crippen LogP contribution in [-0.4, -0.2) is 33.2 Å². The van der Waals surface area contributed by atoms with Gasteiger partial charge in [0.15, 0.2) is 5.78 Å². The van der Waals surface area contributed by atoms with Gasteiger partial charge in [0.25, 0.3) is 0 Å². The number of hydrogen-bond donors (Lipinski definition) is 0. The molecule has 0 N–H and O–H groups in total. The van der Waals surface area contributed by atoms with E-state index in [0.717, 1.165) is 44.2 Å². The largest absolute Gasteiger partial charge is 0.383 e. The molecule has 1 aliphatic carbocycles. The summed E-state index contributed by atoms with van der Waals surface area (Å²) < 4.78 is 11.2. The molecule has 1 aliphatic rings. The topological polar surface area (TPSA) is 35.5 Å². The van der Waals surface area contributed by atoms with E-state index in [2.05, 4.69) is 36.4 Å². The standard InChI is InChI=1S/C28H24O3/c1-30-17-28(18-31-2)26-24(20-12-7-4-8-13-20)16-23(19-10-5-3-6-11-19)21-14-9-15-22(25(21)26)27(28)29/h3-16H,17-18H2,1-2H3. The lowest BCUT2D eigenvalue weighted by Gasteiger charge is -2.30. The monoisotopic (exact) mass is 408 g/mol. The van der Waals surface area contributed by atoms with Crippen LogP contribution in [0.25, 0.3) is 33.0 Å². The molecule has 3 nitrogen and oxygen atoms in total. The molecule has 0 heterocycles. The van der Waals surface area contributed by atoms with E-state index in [4.69, 9.17) is 9.47 Å². The molecule has 0 amide bonds. The van der Waals surface area contributed by atoms with E-state index in [-0.39, 0.29) is 19.0 Å². The average Bonchev–Trinajstić information content (AvgIpc) is 3.06. The molecule has 0 radical (unpaired) electrons. The molecule has 0 atom stereocenters. The summed E-state index contributed by atoms with van der Waals surface area (Å²) in [5, 5.41) is 2.10. The first-order valence-electron chi connectivity index (χ1n) is 10.4. The van der Waals surface area contributed by atoms with Gasteiger partial charge in [0.05, 0.1) is 13.2 Å². The molecule has 0 saturated heterocycles. The third-order valence-electron chi connectivity index (χ3n) is 6.27. The molecular formula is C28H24O3. The van der Waals surface area contributed by atoms with Crippen molar-refractivity contribution in [2.45, 2.75) is 5.41 Å². The van der Waals surface area contributed by atoms with Crippen LogP contribution in [0.3, 0.4) is 0 Å². The van der Waals surface area contributed by atoms with Crippen LogP contribution in [0.2, 0.25) is 0 Å². The first kappa shape index (κ1) is 19.7. The summed E-state index contributed by atoms with van der Waals surface area (Å²) in [6.45, 7) is 0.544. The highest BCUT2D eigenvalue weighted by Gasteiger charge is 2.49. The summed E-state index contributed by atoms with van der Waals surface area (Å²) in [4.78, 5) is 13.9. The van der Waals surface area contributed by atoms with Crippen molar-refractivity contribution in [2.24, 2.45) is 0 Å². The molecule has 0 saturated carbocycles. The van der Waals surface area contributed by atoms with Crippen molar-refractivity contribution in [1.82, 2.24) is 0 Å². The number of hydrogen-bond acceptors (Lipinski definition) is 3. The van der Waals surface area contributed by atoms with Crippen molar-refractivity contribution in [3.63, 3.8) is 0 Å². The number of ether oxygens (including phenoxy) is 2. The molecule has 4 aromatic rings. The Labute approximate surface area is 182 Å². The van der Waals surface area contributed by atoms with E-state index >= 15 is 0 Å². The molecule has 0 unspecified atom stereocenters. The predicted octanol–water partition coefficient (Wildman–Crippen LogP) is 5.90. The molecule has 0 fully saturated rings. The van der Waals surface area contributed by atoms with E-state index in [1.807, 2.05) is 48.5 Å². The van der Waals surface area contributed by atoms with Gasteiger partial charge in [0.2, 0.25) is 0 Å². The molecule has 31 heavy (non-hydrogen) atoms. The van der Waals surface area contributed by atoms with Crippen molar-refractivity contribution < 1.29 is 14.3 Å². The van der Waals surface area contributed by atoms with E-state index in [1.54, 1.807) is 14.2 Å². The van der Waals surface area contributed by atoms with Crippen LogP contribution in [0.1, 0.15) is 15.9 Å². The molecule has 4 aromatic carbocycles. The van der Waals surface area contributed by atoms with Crippen LogP contribution >= 0.6 is 0 Å². The maximum Gasteiger partial charge on any atom is 0.178 e. The van der Waals surface area contributed by atoms with Gasteiger partial charge in [0, 0.05) is 19.8 Å². The predicted molar refractivity (Wildman–Crippen MR) is 125 cm³/mol. The van der Waals surface area contributed by atoms with E-state index < -0.39 is 5.41 Å². The number of rotatable bonds is 6. The zero-order valence-corrected chi connectivity index (χ0v) is 17.7. The van der Waals surface area contributed by atoms with Gasteiger partial charge in [-0.05, 0) is 44.7 Å². The highest BCUT2D eigenvalue weighted by molar-refractivity contribution is 6.24. The summed E-state index contributed by atoms with van der Waals surface area (Å²) >= 11 is 0. The molecule has 3 heteroatoms. The number of ketones is 1. The summed E-state index contributed by atoms with van der Waals surface area (Å²) in [6, 6.07) is 28.9. The quantitative estimate of drug-likeness (QED) is 0.398. The van der Waals surface area contributed by atoms with Gasteiger partial charge in [-0.15, -0.1) is 0 Å². The van der Waals surface area contributed by atoms with Gasteiger partial charge in [-0.25, -0.2) is 0 Å². The minimum atomic E-state index is -0.869. The first-order valence-corrected chi connectivity index (χ1v) is 10.4. The second kappa shape index (κ2) is 7.77. The molecular weight excluding hydrogens is 384 g/mol. The summed E-state index contributed by atoms with van der Waals surface area (Å²) in [5.41, 5.74) is 5.28. The number of Topliss-reactive ketones (excluding diaryl/α,β-unsaturated/α-hetero) is 1. The van der Waals surface area contributed by atoms with Crippen LogP contribution < -0.4 is 0 Å². The Morgan fingerprint density at radius 3 is 1.84 bits per heavy atom. The second-order valence-electron chi connectivity index (χ2n) is 8.08. The van der Waals surface area contributed by atoms with Gasteiger partial charge < -0.3 is 9.47 Å². The Morgan fingerprint density at radius 1 is 0.677 bits per heavy atom. The fourth-order valence-corrected chi connectivity index (χ4v) is 5.04. The third-order valence-corrected chi connectivity index (χ3v) is 6.27. The fraction of sp³-hybridized carbons (Fsp3) is 0.179. The van der Waals surface area contributed by atoms with Crippen molar-refractivity contribution in [3.8, 4) is 22.3 Å². The van der Waals surface area contributed by atoms with E-state index in [9.17, 15) is 4.79 Å². The minimum absolute atomic E-state index is 0.0687. The Bertz CT molecular complexity index is 1250. The summed E-state index contributed by atoms with van der Waals surface area (Å²) in [6.07, 6.45) is 0. The molecule has 0 aliphatic heterocycles. The smallest absolute Gasteiger partial charge is 0.178 e. The van der Waals surface area contributed by atoms with Gasteiger partial charge in [-0.1, -0.05) is 78.9 Å². The lowest BCUT2D eigenvalue weighted by molar-refractivity contribution is 0.0484. The average molecular weight is 408 g/mol. The van der Waals surface area contributed by atoms with Crippen LogP contribution in [0.15, 0.2) is 84.9 Å². The maximum absolute atomic E-state index is 13.9. The van der Waals surface area contributed by atoms with E-state index in [0.29, 0.717) is 0 Å². The minimum Gasteiger partial charge on any atom is -0.383 e. The van der Waals surface area contributed by atoms with Crippen molar-refractivity contribution >= 4 is 16.6 Å². The Morgan fingerprint density at radius 2 is 1.26 bits per heavy atom. The van der Waals surface area contributed by atoms with Crippen molar-refractivity contribution in [1.29, 1.82) is 0 Å². The van der Waals surface area contributed by atoms with Gasteiger partial charge >= 0.3 is 0 Å². The molecule has 0 spiro atoms.